The molecule has 1 amide bonds. The first-order valence-electron chi connectivity index (χ1n) is 10.3. The van der Waals surface area contributed by atoms with Gasteiger partial charge in [0.1, 0.15) is 5.75 Å². The third-order valence-corrected chi connectivity index (χ3v) is 5.30. The van der Waals surface area contributed by atoms with Crippen molar-refractivity contribution < 1.29 is 14.3 Å². The average Bonchev–Trinajstić information content (AvgIpc) is 2.73. The fourth-order valence-corrected chi connectivity index (χ4v) is 3.49. The number of carbonyl (C=O) groups is 1. The Morgan fingerprint density at radius 3 is 2.48 bits per heavy atom. The van der Waals surface area contributed by atoms with E-state index in [2.05, 4.69) is 55.1 Å². The van der Waals surface area contributed by atoms with Crippen molar-refractivity contribution in [2.24, 2.45) is 0 Å². The molecular formula is C24H32N2O3. The SMILES string of the molecule is Cc1ccc(C(C)C)c(OCC(=O)N(C)Cc2ccc(N3CCOCC3)cc2)c1. The number of hydrogen-bond donors (Lipinski definition) is 0. The molecule has 0 aliphatic carbocycles. The molecule has 0 N–H and O–H groups in total. The zero-order valence-corrected chi connectivity index (χ0v) is 18.0. The number of ether oxygens (including phenoxy) is 2. The van der Waals surface area contributed by atoms with Crippen LogP contribution in [0.15, 0.2) is 42.5 Å². The van der Waals surface area contributed by atoms with Gasteiger partial charge >= 0.3 is 0 Å². The molecule has 0 spiro atoms. The molecule has 1 aliphatic rings. The number of nitrogens with zero attached hydrogens (tertiary/aromatic N) is 2. The second kappa shape index (κ2) is 9.79. The Kier molecular flexibility index (Phi) is 7.15. The monoisotopic (exact) mass is 396 g/mol. The summed E-state index contributed by atoms with van der Waals surface area (Å²) in [5, 5.41) is 0. The van der Waals surface area contributed by atoms with Gasteiger partial charge in [-0.25, -0.2) is 0 Å². The Morgan fingerprint density at radius 2 is 1.83 bits per heavy atom. The van der Waals surface area contributed by atoms with Gasteiger partial charge in [0, 0.05) is 32.4 Å². The molecule has 0 radical (unpaired) electrons. The second-order valence-electron chi connectivity index (χ2n) is 8.00. The van der Waals surface area contributed by atoms with Crippen molar-refractivity contribution >= 4 is 11.6 Å². The van der Waals surface area contributed by atoms with Crippen LogP contribution in [0.5, 0.6) is 5.75 Å². The van der Waals surface area contributed by atoms with E-state index in [-0.39, 0.29) is 12.5 Å². The highest BCUT2D eigenvalue weighted by Crippen LogP contribution is 2.27. The summed E-state index contributed by atoms with van der Waals surface area (Å²) in [6.45, 7) is 10.3. The number of aryl methyl sites for hydroxylation is 1. The minimum atomic E-state index is -0.0292. The van der Waals surface area contributed by atoms with E-state index >= 15 is 0 Å². The molecule has 1 fully saturated rings. The van der Waals surface area contributed by atoms with E-state index in [1.54, 1.807) is 4.90 Å². The maximum atomic E-state index is 12.6. The van der Waals surface area contributed by atoms with Crippen molar-refractivity contribution in [1.82, 2.24) is 4.90 Å². The first-order valence-corrected chi connectivity index (χ1v) is 10.3. The molecule has 5 heteroatoms. The summed E-state index contributed by atoms with van der Waals surface area (Å²) in [6.07, 6.45) is 0. The van der Waals surface area contributed by atoms with Crippen LogP contribution >= 0.6 is 0 Å². The topological polar surface area (TPSA) is 42.0 Å². The predicted octanol–water partition coefficient (Wildman–Crippen LogP) is 3.99. The minimum Gasteiger partial charge on any atom is -0.483 e. The largest absolute Gasteiger partial charge is 0.483 e. The summed E-state index contributed by atoms with van der Waals surface area (Å²) in [5.41, 5.74) is 4.57. The zero-order chi connectivity index (χ0) is 20.8. The van der Waals surface area contributed by atoms with Crippen LogP contribution in [0.3, 0.4) is 0 Å². The Hall–Kier alpha value is -2.53. The molecule has 2 aromatic rings. The van der Waals surface area contributed by atoms with Crippen LogP contribution in [0.1, 0.15) is 36.5 Å². The third-order valence-electron chi connectivity index (χ3n) is 5.30. The Morgan fingerprint density at radius 1 is 1.14 bits per heavy atom. The number of morpholine rings is 1. The smallest absolute Gasteiger partial charge is 0.260 e. The van der Waals surface area contributed by atoms with Gasteiger partial charge in [-0.05, 0) is 47.7 Å². The number of anilines is 1. The highest BCUT2D eigenvalue weighted by Gasteiger charge is 2.14. The van der Waals surface area contributed by atoms with E-state index in [0.717, 1.165) is 48.7 Å². The summed E-state index contributed by atoms with van der Waals surface area (Å²) >= 11 is 0. The van der Waals surface area contributed by atoms with E-state index in [1.165, 1.54) is 5.69 Å². The van der Waals surface area contributed by atoms with E-state index < -0.39 is 0 Å². The normalized spacial score (nSPS) is 14.2. The number of hydrogen-bond acceptors (Lipinski definition) is 4. The van der Waals surface area contributed by atoms with Crippen LogP contribution < -0.4 is 9.64 Å². The molecule has 156 valence electrons. The second-order valence-corrected chi connectivity index (χ2v) is 8.00. The van der Waals surface area contributed by atoms with Crippen molar-refractivity contribution in [2.45, 2.75) is 33.2 Å². The lowest BCUT2D eigenvalue weighted by atomic mass is 10.0. The molecule has 0 unspecified atom stereocenters. The van der Waals surface area contributed by atoms with Crippen molar-refractivity contribution in [1.29, 1.82) is 0 Å². The highest BCUT2D eigenvalue weighted by atomic mass is 16.5. The van der Waals surface area contributed by atoms with Crippen molar-refractivity contribution in [3.8, 4) is 5.75 Å². The zero-order valence-electron chi connectivity index (χ0n) is 18.0. The lowest BCUT2D eigenvalue weighted by Gasteiger charge is -2.29. The van der Waals surface area contributed by atoms with Crippen LogP contribution in [-0.2, 0) is 16.1 Å². The minimum absolute atomic E-state index is 0.0292. The molecular weight excluding hydrogens is 364 g/mol. The van der Waals surface area contributed by atoms with Crippen molar-refractivity contribution in [3.05, 3.63) is 59.2 Å². The predicted molar refractivity (Wildman–Crippen MR) is 117 cm³/mol. The summed E-state index contributed by atoms with van der Waals surface area (Å²) < 4.78 is 11.3. The van der Waals surface area contributed by atoms with Gasteiger partial charge < -0.3 is 19.3 Å². The summed E-state index contributed by atoms with van der Waals surface area (Å²) in [5.74, 6) is 1.12. The maximum absolute atomic E-state index is 12.6. The molecule has 0 bridgehead atoms. The average molecular weight is 397 g/mol. The van der Waals surface area contributed by atoms with Gasteiger partial charge in [0.2, 0.25) is 0 Å². The number of carbonyl (C=O) groups excluding carboxylic acids is 1. The Bertz CT molecular complexity index is 811. The van der Waals surface area contributed by atoms with E-state index in [0.29, 0.717) is 12.5 Å². The fraction of sp³-hybridized carbons (Fsp3) is 0.458. The molecule has 2 aromatic carbocycles. The summed E-state index contributed by atoms with van der Waals surface area (Å²) in [4.78, 5) is 16.6. The van der Waals surface area contributed by atoms with Crippen LogP contribution in [0, 0.1) is 6.92 Å². The molecule has 1 heterocycles. The van der Waals surface area contributed by atoms with E-state index in [4.69, 9.17) is 9.47 Å². The Balaban J connectivity index is 1.55. The molecule has 1 aliphatic heterocycles. The van der Waals surface area contributed by atoms with Gasteiger partial charge in [-0.15, -0.1) is 0 Å². The maximum Gasteiger partial charge on any atom is 0.260 e. The van der Waals surface area contributed by atoms with Crippen LogP contribution in [0.2, 0.25) is 0 Å². The van der Waals surface area contributed by atoms with Crippen LogP contribution in [0.4, 0.5) is 5.69 Å². The molecule has 1 saturated heterocycles. The van der Waals surface area contributed by atoms with E-state index in [9.17, 15) is 4.79 Å². The number of benzene rings is 2. The fourth-order valence-electron chi connectivity index (χ4n) is 3.49. The summed E-state index contributed by atoms with van der Waals surface area (Å²) in [6, 6.07) is 14.6. The first kappa shape index (κ1) is 21.2. The molecule has 0 atom stereocenters. The first-order chi connectivity index (χ1) is 13.9. The third kappa shape index (κ3) is 5.73. The van der Waals surface area contributed by atoms with Gasteiger partial charge in [-0.3, -0.25) is 4.79 Å². The quantitative estimate of drug-likeness (QED) is 0.710. The van der Waals surface area contributed by atoms with Crippen LogP contribution in [-0.4, -0.2) is 50.8 Å². The number of rotatable bonds is 7. The lowest BCUT2D eigenvalue weighted by molar-refractivity contribution is -0.132. The molecule has 29 heavy (non-hydrogen) atoms. The van der Waals surface area contributed by atoms with Gasteiger partial charge in [0.15, 0.2) is 6.61 Å². The molecule has 0 aromatic heterocycles. The van der Waals surface area contributed by atoms with Gasteiger partial charge in [-0.2, -0.15) is 0 Å². The van der Waals surface area contributed by atoms with E-state index in [1.807, 2.05) is 20.0 Å². The van der Waals surface area contributed by atoms with Crippen molar-refractivity contribution in [3.63, 3.8) is 0 Å². The Labute approximate surface area is 174 Å². The molecule has 3 rings (SSSR count). The van der Waals surface area contributed by atoms with Gasteiger partial charge in [0.05, 0.1) is 13.2 Å². The van der Waals surface area contributed by atoms with Gasteiger partial charge in [-0.1, -0.05) is 38.1 Å². The highest BCUT2D eigenvalue weighted by molar-refractivity contribution is 5.77. The lowest BCUT2D eigenvalue weighted by Crippen LogP contribution is -2.36. The van der Waals surface area contributed by atoms with Crippen molar-refractivity contribution in [2.75, 3.05) is 44.9 Å². The summed E-state index contributed by atoms with van der Waals surface area (Å²) in [7, 11) is 1.82. The number of likely N-dealkylation sites (N-methyl/N-ethyl adjacent to an activating group) is 1. The van der Waals surface area contributed by atoms with Gasteiger partial charge in [0.25, 0.3) is 5.91 Å². The van der Waals surface area contributed by atoms with Crippen LogP contribution in [0.25, 0.3) is 0 Å². The molecule has 5 nitrogen and oxygen atoms in total. The number of amides is 1. The molecule has 0 saturated carbocycles. The standard InChI is InChI=1S/C24H32N2O3/c1-18(2)22-10-5-19(3)15-23(22)29-17-24(27)25(4)16-20-6-8-21(9-7-20)26-11-13-28-14-12-26/h5-10,15,18H,11-14,16-17H2,1-4H3.